The van der Waals surface area contributed by atoms with E-state index in [1.165, 1.54) is 0 Å². The monoisotopic (exact) mass is 415 g/mol. The minimum absolute atomic E-state index is 0.00724. The van der Waals surface area contributed by atoms with E-state index in [0.717, 1.165) is 5.56 Å². The van der Waals surface area contributed by atoms with E-state index in [1.807, 2.05) is 49.4 Å². The molecule has 0 N–H and O–H groups in total. The summed E-state index contributed by atoms with van der Waals surface area (Å²) in [6.45, 7) is 7.27. The molecule has 3 atom stereocenters. The number of esters is 2. The second-order valence-electron chi connectivity index (χ2n) is 8.74. The second-order valence-corrected chi connectivity index (χ2v) is 8.74. The predicted molar refractivity (Wildman–Crippen MR) is 114 cm³/mol. The molecule has 1 aliphatic heterocycles. The maximum atomic E-state index is 13.3. The summed E-state index contributed by atoms with van der Waals surface area (Å²) >= 11 is 0. The Kier molecular flexibility index (Phi) is 8.21. The Labute approximate surface area is 179 Å². The molecule has 1 heterocycles. The highest BCUT2D eigenvalue weighted by atomic mass is 16.6. The first-order valence-electron chi connectivity index (χ1n) is 10.5. The molecule has 0 radical (unpaired) electrons. The van der Waals surface area contributed by atoms with Gasteiger partial charge in [-0.05, 0) is 46.1 Å². The summed E-state index contributed by atoms with van der Waals surface area (Å²) in [6, 6.07) is 9.02. The van der Waals surface area contributed by atoms with Crippen LogP contribution in [0.3, 0.4) is 0 Å². The Hall–Kier alpha value is -2.63. The van der Waals surface area contributed by atoms with Gasteiger partial charge in [-0.3, -0.25) is 14.4 Å². The van der Waals surface area contributed by atoms with Crippen LogP contribution in [0.25, 0.3) is 0 Å². The quantitative estimate of drug-likeness (QED) is 0.546. The van der Waals surface area contributed by atoms with Crippen LogP contribution in [0.5, 0.6) is 0 Å². The van der Waals surface area contributed by atoms with Crippen LogP contribution in [0.15, 0.2) is 42.5 Å². The van der Waals surface area contributed by atoms with Crippen molar-refractivity contribution in [3.63, 3.8) is 0 Å². The largest absolute Gasteiger partial charge is 0.460 e. The van der Waals surface area contributed by atoms with E-state index < -0.39 is 29.6 Å². The maximum Gasteiger partial charge on any atom is 0.307 e. The third-order valence-corrected chi connectivity index (χ3v) is 5.07. The Morgan fingerprint density at radius 3 is 2.47 bits per heavy atom. The molecule has 1 aromatic carbocycles. The predicted octanol–water partition coefficient (Wildman–Crippen LogP) is 4.21. The van der Waals surface area contributed by atoms with Gasteiger partial charge in [-0.2, -0.15) is 0 Å². The van der Waals surface area contributed by atoms with E-state index in [9.17, 15) is 14.4 Å². The molecule has 0 aromatic heterocycles. The van der Waals surface area contributed by atoms with E-state index in [0.29, 0.717) is 12.8 Å². The first-order valence-corrected chi connectivity index (χ1v) is 10.5. The van der Waals surface area contributed by atoms with Crippen LogP contribution in [0.1, 0.15) is 65.0 Å². The topological polar surface area (TPSA) is 72.9 Å². The fraction of sp³-hybridized carbons (Fsp3) is 0.542. The number of rotatable bonds is 3. The number of carbonyl (C=O) groups excluding carboxylic acids is 3. The van der Waals surface area contributed by atoms with E-state index in [-0.39, 0.29) is 24.7 Å². The number of amides is 1. The zero-order valence-electron chi connectivity index (χ0n) is 18.6. The van der Waals surface area contributed by atoms with Gasteiger partial charge in [0.05, 0.1) is 18.4 Å². The summed E-state index contributed by atoms with van der Waals surface area (Å²) < 4.78 is 11.2. The number of ether oxygens (including phenoxy) is 2. The number of hydrogen-bond acceptors (Lipinski definition) is 5. The summed E-state index contributed by atoms with van der Waals surface area (Å²) in [4.78, 5) is 39.6. The van der Waals surface area contributed by atoms with Crippen molar-refractivity contribution in [3.8, 4) is 0 Å². The summed E-state index contributed by atoms with van der Waals surface area (Å²) in [5.41, 5.74) is 0.224. The number of benzene rings is 1. The lowest BCUT2D eigenvalue weighted by atomic mass is 9.96. The molecule has 6 heteroatoms. The van der Waals surface area contributed by atoms with Gasteiger partial charge >= 0.3 is 11.9 Å². The first-order chi connectivity index (χ1) is 14.1. The fourth-order valence-corrected chi connectivity index (χ4v) is 3.42. The number of carbonyl (C=O) groups is 3. The summed E-state index contributed by atoms with van der Waals surface area (Å²) in [5, 5.41) is 0. The number of allylic oxidation sites excluding steroid dienone is 2. The SMILES string of the molecule is C[C@@H]1[C@@H](c2ccccc2)OC(=O)CC/C=C\C[C@@H](CC(=O)OC(C)(C)C)C(=O)N1C. The van der Waals surface area contributed by atoms with E-state index >= 15 is 0 Å². The molecular weight excluding hydrogens is 382 g/mol. The minimum atomic E-state index is -0.604. The van der Waals surface area contributed by atoms with E-state index in [1.54, 1.807) is 32.7 Å². The van der Waals surface area contributed by atoms with Crippen LogP contribution in [-0.2, 0) is 23.9 Å². The third kappa shape index (κ3) is 7.01. The van der Waals surface area contributed by atoms with Gasteiger partial charge in [0.25, 0.3) is 0 Å². The van der Waals surface area contributed by atoms with Crippen molar-refractivity contribution >= 4 is 17.8 Å². The normalized spacial score (nSPS) is 25.0. The molecule has 6 nitrogen and oxygen atoms in total. The van der Waals surface area contributed by atoms with Gasteiger partial charge in [0, 0.05) is 13.5 Å². The van der Waals surface area contributed by atoms with Crippen molar-refractivity contribution in [1.82, 2.24) is 4.90 Å². The van der Waals surface area contributed by atoms with Gasteiger partial charge in [0.1, 0.15) is 11.7 Å². The van der Waals surface area contributed by atoms with Crippen LogP contribution in [-0.4, -0.2) is 41.4 Å². The molecule has 164 valence electrons. The van der Waals surface area contributed by atoms with Crippen LogP contribution >= 0.6 is 0 Å². The average molecular weight is 416 g/mol. The van der Waals surface area contributed by atoms with Crippen LogP contribution in [0.2, 0.25) is 0 Å². The van der Waals surface area contributed by atoms with Crippen molar-refractivity contribution in [2.24, 2.45) is 5.92 Å². The maximum absolute atomic E-state index is 13.3. The molecule has 0 saturated heterocycles. The minimum Gasteiger partial charge on any atom is -0.460 e. The van der Waals surface area contributed by atoms with Gasteiger partial charge in [-0.1, -0.05) is 42.5 Å². The lowest BCUT2D eigenvalue weighted by molar-refractivity contribution is -0.160. The zero-order valence-corrected chi connectivity index (χ0v) is 18.6. The summed E-state index contributed by atoms with van der Waals surface area (Å²) in [6.07, 6.45) is 4.35. The third-order valence-electron chi connectivity index (χ3n) is 5.07. The number of cyclic esters (lactones) is 1. The molecule has 0 bridgehead atoms. The Balaban J connectivity index is 2.28. The van der Waals surface area contributed by atoms with Gasteiger partial charge in [-0.15, -0.1) is 0 Å². The van der Waals surface area contributed by atoms with Crippen molar-refractivity contribution < 1.29 is 23.9 Å². The number of nitrogens with zero attached hydrogens (tertiary/aromatic N) is 1. The van der Waals surface area contributed by atoms with Crippen LogP contribution < -0.4 is 0 Å². The molecule has 0 aliphatic carbocycles. The average Bonchev–Trinajstić information content (AvgIpc) is 2.68. The standard InChI is InChI=1S/C24H33NO5/c1-17-22(18-12-8-6-9-13-18)29-20(26)15-11-7-10-14-19(23(28)25(17)5)16-21(27)30-24(2,3)4/h6-10,12-13,17,19,22H,11,14-16H2,1-5H3/b10-7-/t17-,19+,22+/m1/s1. The summed E-state index contributed by atoms with van der Waals surface area (Å²) in [5.74, 6) is -1.40. The molecule has 1 amide bonds. The molecule has 1 aromatic rings. The number of hydrogen-bond donors (Lipinski definition) is 0. The summed E-state index contributed by atoms with van der Waals surface area (Å²) in [7, 11) is 1.69. The molecule has 2 rings (SSSR count). The van der Waals surface area contributed by atoms with Crippen molar-refractivity contribution in [3.05, 3.63) is 48.0 Å². The van der Waals surface area contributed by atoms with E-state index in [4.69, 9.17) is 9.47 Å². The van der Waals surface area contributed by atoms with Crippen molar-refractivity contribution in [1.29, 1.82) is 0 Å². The smallest absolute Gasteiger partial charge is 0.307 e. The number of likely N-dealkylation sites (N-methyl/N-ethyl adjacent to an activating group) is 1. The Morgan fingerprint density at radius 2 is 1.83 bits per heavy atom. The highest BCUT2D eigenvalue weighted by molar-refractivity contribution is 5.84. The lowest BCUT2D eigenvalue weighted by Gasteiger charge is -2.34. The van der Waals surface area contributed by atoms with Gasteiger partial charge in [-0.25, -0.2) is 0 Å². The van der Waals surface area contributed by atoms with Crippen LogP contribution in [0.4, 0.5) is 0 Å². The molecule has 0 unspecified atom stereocenters. The second kappa shape index (κ2) is 10.4. The molecule has 0 fully saturated rings. The highest BCUT2D eigenvalue weighted by Gasteiger charge is 2.33. The Morgan fingerprint density at radius 1 is 1.17 bits per heavy atom. The van der Waals surface area contributed by atoms with Gasteiger partial charge in [0.2, 0.25) is 5.91 Å². The molecule has 30 heavy (non-hydrogen) atoms. The first kappa shape index (κ1) is 23.6. The van der Waals surface area contributed by atoms with Crippen LogP contribution in [0, 0.1) is 5.92 Å². The zero-order chi connectivity index (χ0) is 22.3. The Bertz CT molecular complexity index is 766. The molecule has 1 aliphatic rings. The van der Waals surface area contributed by atoms with E-state index in [2.05, 4.69) is 0 Å². The van der Waals surface area contributed by atoms with Gasteiger partial charge in [0.15, 0.2) is 0 Å². The van der Waals surface area contributed by atoms with Crippen molar-refractivity contribution in [2.45, 2.75) is 71.1 Å². The van der Waals surface area contributed by atoms with Crippen molar-refractivity contribution in [2.75, 3.05) is 7.05 Å². The van der Waals surface area contributed by atoms with Gasteiger partial charge < -0.3 is 14.4 Å². The molecule has 0 spiro atoms. The lowest BCUT2D eigenvalue weighted by Crippen LogP contribution is -2.44. The molecular formula is C24H33NO5. The fourth-order valence-electron chi connectivity index (χ4n) is 3.42. The highest BCUT2D eigenvalue weighted by Crippen LogP contribution is 2.28. The molecule has 0 saturated carbocycles.